The standard InChI is InChI=1S/C13H21NO2S/c1-9(2)14(8-10(3)15)13(16)11(4)12-6-5-7-17-12/h5-7,9-11,15H,8H2,1-4H3/t10-,11-/m0/s1. The first-order chi connectivity index (χ1) is 7.93. The smallest absolute Gasteiger partial charge is 0.230 e. The van der Waals surface area contributed by atoms with Gasteiger partial charge in [0.25, 0.3) is 0 Å². The summed E-state index contributed by atoms with van der Waals surface area (Å²) < 4.78 is 0. The highest BCUT2D eigenvalue weighted by molar-refractivity contribution is 7.10. The van der Waals surface area contributed by atoms with Crippen LogP contribution in [0.5, 0.6) is 0 Å². The highest BCUT2D eigenvalue weighted by Gasteiger charge is 2.25. The summed E-state index contributed by atoms with van der Waals surface area (Å²) in [5.74, 6) is -0.0421. The second kappa shape index (κ2) is 6.17. The van der Waals surface area contributed by atoms with E-state index >= 15 is 0 Å². The van der Waals surface area contributed by atoms with Crippen molar-refractivity contribution in [1.82, 2.24) is 4.90 Å². The van der Waals surface area contributed by atoms with Crippen LogP contribution in [0.25, 0.3) is 0 Å². The number of thiophene rings is 1. The molecule has 0 fully saturated rings. The first kappa shape index (κ1) is 14.2. The zero-order valence-electron chi connectivity index (χ0n) is 10.9. The Morgan fingerprint density at radius 3 is 2.47 bits per heavy atom. The van der Waals surface area contributed by atoms with Crippen molar-refractivity contribution in [2.75, 3.05) is 6.54 Å². The molecule has 0 aliphatic heterocycles. The van der Waals surface area contributed by atoms with Gasteiger partial charge in [0.1, 0.15) is 0 Å². The van der Waals surface area contributed by atoms with Crippen molar-refractivity contribution in [2.24, 2.45) is 0 Å². The third-order valence-corrected chi connectivity index (χ3v) is 3.76. The van der Waals surface area contributed by atoms with Gasteiger partial charge in [-0.2, -0.15) is 0 Å². The Morgan fingerprint density at radius 2 is 2.06 bits per heavy atom. The molecule has 0 aliphatic rings. The van der Waals surface area contributed by atoms with E-state index in [1.54, 1.807) is 23.2 Å². The Balaban J connectivity index is 2.77. The molecule has 17 heavy (non-hydrogen) atoms. The van der Waals surface area contributed by atoms with Crippen LogP contribution in [0.15, 0.2) is 17.5 Å². The van der Waals surface area contributed by atoms with Crippen LogP contribution in [0.3, 0.4) is 0 Å². The van der Waals surface area contributed by atoms with E-state index in [9.17, 15) is 9.90 Å². The number of nitrogens with zero attached hydrogens (tertiary/aromatic N) is 1. The molecule has 1 amide bonds. The Hall–Kier alpha value is -0.870. The molecule has 4 heteroatoms. The van der Waals surface area contributed by atoms with Crippen LogP contribution in [-0.2, 0) is 4.79 Å². The lowest BCUT2D eigenvalue weighted by Gasteiger charge is -2.30. The van der Waals surface area contributed by atoms with Crippen LogP contribution >= 0.6 is 11.3 Å². The molecule has 3 nitrogen and oxygen atoms in total. The summed E-state index contributed by atoms with van der Waals surface area (Å²) in [5, 5.41) is 11.4. The number of aliphatic hydroxyl groups is 1. The fraction of sp³-hybridized carbons (Fsp3) is 0.615. The molecular weight excluding hydrogens is 234 g/mol. The molecular formula is C13H21NO2S. The number of carbonyl (C=O) groups is 1. The van der Waals surface area contributed by atoms with E-state index in [-0.39, 0.29) is 17.9 Å². The monoisotopic (exact) mass is 255 g/mol. The molecule has 0 spiro atoms. The van der Waals surface area contributed by atoms with Gasteiger partial charge in [-0.3, -0.25) is 4.79 Å². The lowest BCUT2D eigenvalue weighted by Crippen LogP contribution is -2.43. The second-order valence-corrected chi connectivity index (χ2v) is 5.65. The molecule has 0 unspecified atom stereocenters. The lowest BCUT2D eigenvalue weighted by molar-refractivity contribution is -0.135. The Labute approximate surface area is 107 Å². The van der Waals surface area contributed by atoms with Gasteiger partial charge in [-0.15, -0.1) is 11.3 Å². The van der Waals surface area contributed by atoms with Crippen molar-refractivity contribution in [3.8, 4) is 0 Å². The zero-order chi connectivity index (χ0) is 13.0. The number of carbonyl (C=O) groups excluding carboxylic acids is 1. The summed E-state index contributed by atoms with van der Waals surface area (Å²) in [5.41, 5.74) is 0. The maximum absolute atomic E-state index is 12.3. The maximum atomic E-state index is 12.3. The van der Waals surface area contributed by atoms with Crippen molar-refractivity contribution >= 4 is 17.2 Å². The average Bonchev–Trinajstić information content (AvgIpc) is 2.76. The van der Waals surface area contributed by atoms with Gasteiger partial charge >= 0.3 is 0 Å². The Kier molecular flexibility index (Phi) is 5.15. The van der Waals surface area contributed by atoms with E-state index in [1.807, 2.05) is 38.3 Å². The first-order valence-electron chi connectivity index (χ1n) is 5.95. The van der Waals surface area contributed by atoms with Crippen molar-refractivity contribution in [1.29, 1.82) is 0 Å². The van der Waals surface area contributed by atoms with Crippen molar-refractivity contribution in [2.45, 2.75) is 45.8 Å². The summed E-state index contributed by atoms with van der Waals surface area (Å²) in [6, 6.07) is 4.05. The van der Waals surface area contributed by atoms with Gasteiger partial charge < -0.3 is 10.0 Å². The quantitative estimate of drug-likeness (QED) is 0.878. The van der Waals surface area contributed by atoms with Gasteiger partial charge in [0, 0.05) is 17.5 Å². The number of amides is 1. The largest absolute Gasteiger partial charge is 0.392 e. The van der Waals surface area contributed by atoms with Gasteiger partial charge in [-0.1, -0.05) is 6.07 Å². The maximum Gasteiger partial charge on any atom is 0.230 e. The van der Waals surface area contributed by atoms with Crippen molar-refractivity contribution in [3.63, 3.8) is 0 Å². The molecule has 0 saturated heterocycles. The van der Waals surface area contributed by atoms with Crippen LogP contribution in [0.2, 0.25) is 0 Å². The fourth-order valence-corrected chi connectivity index (χ4v) is 2.52. The van der Waals surface area contributed by atoms with E-state index < -0.39 is 6.10 Å². The van der Waals surface area contributed by atoms with Crippen LogP contribution in [-0.4, -0.2) is 34.6 Å². The van der Waals surface area contributed by atoms with Crippen LogP contribution in [0.4, 0.5) is 0 Å². The van der Waals surface area contributed by atoms with E-state index in [1.165, 1.54) is 0 Å². The topological polar surface area (TPSA) is 40.5 Å². The summed E-state index contributed by atoms with van der Waals surface area (Å²) in [6.07, 6.45) is -0.489. The number of rotatable bonds is 5. The van der Waals surface area contributed by atoms with Crippen molar-refractivity contribution < 1.29 is 9.90 Å². The van der Waals surface area contributed by atoms with Gasteiger partial charge in [-0.05, 0) is 39.1 Å². The highest BCUT2D eigenvalue weighted by Crippen LogP contribution is 2.23. The molecule has 0 bridgehead atoms. The first-order valence-corrected chi connectivity index (χ1v) is 6.83. The molecule has 0 saturated carbocycles. The molecule has 1 rings (SSSR count). The van der Waals surface area contributed by atoms with Crippen LogP contribution in [0, 0.1) is 0 Å². The van der Waals surface area contributed by atoms with Gasteiger partial charge in [0.2, 0.25) is 5.91 Å². The van der Waals surface area contributed by atoms with Gasteiger partial charge in [0.05, 0.1) is 12.0 Å². The Morgan fingerprint density at radius 1 is 1.41 bits per heavy atom. The summed E-state index contributed by atoms with van der Waals surface area (Å²) >= 11 is 1.60. The molecule has 1 N–H and O–H groups in total. The van der Waals surface area contributed by atoms with Gasteiger partial charge in [0.15, 0.2) is 0 Å². The lowest BCUT2D eigenvalue weighted by atomic mass is 10.1. The summed E-state index contributed by atoms with van der Waals surface area (Å²) in [6.45, 7) is 7.97. The van der Waals surface area contributed by atoms with Crippen LogP contribution < -0.4 is 0 Å². The third-order valence-electron chi connectivity index (χ3n) is 2.71. The second-order valence-electron chi connectivity index (χ2n) is 4.67. The molecule has 96 valence electrons. The van der Waals surface area contributed by atoms with E-state index in [4.69, 9.17) is 0 Å². The fourth-order valence-electron chi connectivity index (χ4n) is 1.75. The summed E-state index contributed by atoms with van der Waals surface area (Å²) in [4.78, 5) is 15.2. The molecule has 1 aromatic heterocycles. The van der Waals surface area contributed by atoms with Gasteiger partial charge in [-0.25, -0.2) is 0 Å². The molecule has 0 aromatic carbocycles. The zero-order valence-corrected chi connectivity index (χ0v) is 11.7. The SMILES string of the molecule is CC(C)N(C[C@H](C)O)C(=O)[C@@H](C)c1cccs1. The minimum atomic E-state index is -0.489. The Bertz CT molecular complexity index is 346. The van der Waals surface area contributed by atoms with E-state index in [0.29, 0.717) is 6.54 Å². The summed E-state index contributed by atoms with van der Waals surface area (Å²) in [7, 11) is 0. The number of hydrogen-bond acceptors (Lipinski definition) is 3. The average molecular weight is 255 g/mol. The normalized spacial score (nSPS) is 14.7. The number of aliphatic hydroxyl groups excluding tert-OH is 1. The third kappa shape index (κ3) is 3.82. The van der Waals surface area contributed by atoms with E-state index in [2.05, 4.69) is 0 Å². The minimum absolute atomic E-state index is 0.0864. The van der Waals surface area contributed by atoms with Crippen LogP contribution in [0.1, 0.15) is 38.5 Å². The molecule has 1 heterocycles. The molecule has 0 radical (unpaired) electrons. The minimum Gasteiger partial charge on any atom is -0.392 e. The van der Waals surface area contributed by atoms with E-state index in [0.717, 1.165) is 4.88 Å². The highest BCUT2D eigenvalue weighted by atomic mass is 32.1. The predicted octanol–water partition coefficient (Wildman–Crippen LogP) is 2.47. The molecule has 2 atom stereocenters. The van der Waals surface area contributed by atoms with Crippen molar-refractivity contribution in [3.05, 3.63) is 22.4 Å². The molecule has 0 aliphatic carbocycles. The predicted molar refractivity (Wildman–Crippen MR) is 71.3 cm³/mol. The number of hydrogen-bond donors (Lipinski definition) is 1. The molecule has 1 aromatic rings.